The normalized spacial score (nSPS) is 12.7. The SMILES string of the molecule is CCOc1cc(NC(=O)C(CC(C)C)C(=O)O)ccc1S(=O)(=O)Nc1cccc(OC(F)(F)F)c1. The third-order valence-electron chi connectivity index (χ3n) is 4.44. The van der Waals surface area contributed by atoms with Gasteiger partial charge in [-0.3, -0.25) is 14.3 Å². The Morgan fingerprint density at radius 2 is 1.77 bits per heavy atom. The van der Waals surface area contributed by atoms with E-state index < -0.39 is 39.9 Å². The van der Waals surface area contributed by atoms with Crippen molar-refractivity contribution in [2.75, 3.05) is 16.6 Å². The molecule has 0 bridgehead atoms. The molecule has 9 nitrogen and oxygen atoms in total. The number of aliphatic carboxylic acids is 1. The lowest BCUT2D eigenvalue weighted by Crippen LogP contribution is -2.30. The molecular formula is C22H25F3N2O7S. The van der Waals surface area contributed by atoms with Gasteiger partial charge in [-0.25, -0.2) is 8.42 Å². The summed E-state index contributed by atoms with van der Waals surface area (Å²) < 4.78 is 74.6. The van der Waals surface area contributed by atoms with Crippen LogP contribution in [0.4, 0.5) is 24.5 Å². The van der Waals surface area contributed by atoms with Crippen molar-refractivity contribution in [2.24, 2.45) is 11.8 Å². The molecule has 0 radical (unpaired) electrons. The lowest BCUT2D eigenvalue weighted by Gasteiger charge is -2.17. The Balaban J connectivity index is 2.31. The summed E-state index contributed by atoms with van der Waals surface area (Å²) in [7, 11) is -4.34. The summed E-state index contributed by atoms with van der Waals surface area (Å²) in [5.41, 5.74) is -0.0856. The number of carboxylic acid groups (broad SMARTS) is 1. The average Bonchev–Trinajstić information content (AvgIpc) is 2.70. The minimum Gasteiger partial charge on any atom is -0.492 e. The number of amides is 1. The Labute approximate surface area is 200 Å². The summed E-state index contributed by atoms with van der Waals surface area (Å²) in [5.74, 6) is -4.20. The number of halogens is 3. The van der Waals surface area contributed by atoms with Crippen LogP contribution >= 0.6 is 0 Å². The number of nitrogens with one attached hydrogen (secondary N) is 2. The fourth-order valence-corrected chi connectivity index (χ4v) is 4.24. The van der Waals surface area contributed by atoms with Gasteiger partial charge in [-0.15, -0.1) is 13.2 Å². The molecule has 0 aliphatic carbocycles. The van der Waals surface area contributed by atoms with Gasteiger partial charge in [0.1, 0.15) is 22.3 Å². The van der Waals surface area contributed by atoms with Crippen LogP contribution in [0.1, 0.15) is 27.2 Å². The molecule has 2 rings (SSSR count). The van der Waals surface area contributed by atoms with Crippen molar-refractivity contribution in [1.82, 2.24) is 0 Å². The number of benzene rings is 2. The van der Waals surface area contributed by atoms with Crippen molar-refractivity contribution in [2.45, 2.75) is 38.4 Å². The van der Waals surface area contributed by atoms with Gasteiger partial charge in [0, 0.05) is 17.8 Å². The highest BCUT2D eigenvalue weighted by Crippen LogP contribution is 2.31. The summed E-state index contributed by atoms with van der Waals surface area (Å²) in [6.07, 6.45) is -4.85. The van der Waals surface area contributed by atoms with E-state index in [-0.39, 0.29) is 41.0 Å². The van der Waals surface area contributed by atoms with E-state index in [0.717, 1.165) is 18.2 Å². The van der Waals surface area contributed by atoms with Gasteiger partial charge in [0.2, 0.25) is 5.91 Å². The predicted molar refractivity (Wildman–Crippen MR) is 121 cm³/mol. The van der Waals surface area contributed by atoms with Gasteiger partial charge in [0.05, 0.1) is 12.3 Å². The lowest BCUT2D eigenvalue weighted by atomic mass is 9.96. The van der Waals surface area contributed by atoms with Crippen molar-refractivity contribution in [1.29, 1.82) is 0 Å². The smallest absolute Gasteiger partial charge is 0.492 e. The largest absolute Gasteiger partial charge is 0.573 e. The number of rotatable bonds is 11. The van der Waals surface area contributed by atoms with E-state index in [4.69, 9.17) is 4.74 Å². The minimum absolute atomic E-state index is 0.0555. The van der Waals surface area contributed by atoms with Gasteiger partial charge in [-0.1, -0.05) is 19.9 Å². The van der Waals surface area contributed by atoms with Crippen LogP contribution in [0.15, 0.2) is 47.4 Å². The topological polar surface area (TPSA) is 131 Å². The van der Waals surface area contributed by atoms with E-state index in [1.807, 2.05) is 0 Å². The maximum atomic E-state index is 12.9. The molecule has 0 aromatic heterocycles. The van der Waals surface area contributed by atoms with Gasteiger partial charge in [0.25, 0.3) is 10.0 Å². The second kappa shape index (κ2) is 11.3. The van der Waals surface area contributed by atoms with Gasteiger partial charge in [-0.2, -0.15) is 0 Å². The first-order valence-corrected chi connectivity index (χ1v) is 11.9. The molecule has 1 unspecified atom stereocenters. The van der Waals surface area contributed by atoms with Crippen molar-refractivity contribution < 1.29 is 45.8 Å². The van der Waals surface area contributed by atoms with E-state index in [2.05, 4.69) is 14.8 Å². The molecule has 0 heterocycles. The molecule has 2 aromatic carbocycles. The van der Waals surface area contributed by atoms with Crippen LogP contribution in [0.2, 0.25) is 0 Å². The highest BCUT2D eigenvalue weighted by molar-refractivity contribution is 7.92. The number of sulfonamides is 1. The average molecular weight is 519 g/mol. The Kier molecular flexibility index (Phi) is 8.96. The molecule has 2 aromatic rings. The molecule has 3 N–H and O–H groups in total. The van der Waals surface area contributed by atoms with E-state index >= 15 is 0 Å². The Bertz CT molecular complexity index is 1170. The van der Waals surface area contributed by atoms with E-state index in [0.29, 0.717) is 0 Å². The van der Waals surface area contributed by atoms with Crippen LogP contribution in [0.5, 0.6) is 11.5 Å². The third-order valence-corrected chi connectivity index (χ3v) is 5.86. The molecule has 0 saturated heterocycles. The van der Waals surface area contributed by atoms with E-state index in [1.165, 1.54) is 24.3 Å². The molecule has 1 atom stereocenters. The van der Waals surface area contributed by atoms with Crippen molar-refractivity contribution in [3.05, 3.63) is 42.5 Å². The summed E-state index contributed by atoms with van der Waals surface area (Å²) in [4.78, 5) is 23.6. The molecule has 0 aliphatic rings. The van der Waals surface area contributed by atoms with Crippen LogP contribution in [0.3, 0.4) is 0 Å². The second-order valence-electron chi connectivity index (χ2n) is 7.79. The molecule has 0 aliphatic heterocycles. The number of carboxylic acids is 1. The molecule has 1 amide bonds. The first-order chi connectivity index (χ1) is 16.2. The number of carbonyl (C=O) groups excluding carboxylic acids is 1. The van der Waals surface area contributed by atoms with Crippen LogP contribution in [0.25, 0.3) is 0 Å². The summed E-state index contributed by atoms with van der Waals surface area (Å²) >= 11 is 0. The monoisotopic (exact) mass is 518 g/mol. The number of ether oxygens (including phenoxy) is 2. The number of anilines is 2. The minimum atomic E-state index is -4.95. The first kappa shape index (κ1) is 27.8. The first-order valence-electron chi connectivity index (χ1n) is 10.4. The summed E-state index contributed by atoms with van der Waals surface area (Å²) in [6.45, 7) is 5.19. The van der Waals surface area contributed by atoms with Crippen LogP contribution in [-0.2, 0) is 19.6 Å². The molecule has 0 spiro atoms. The standard InChI is InChI=1S/C22H25F3N2O7S/c1-4-33-18-12-14(26-20(28)17(21(29)30)10-13(2)3)8-9-19(18)35(31,32)27-15-6-5-7-16(11-15)34-22(23,24)25/h5-9,11-13,17,27H,4,10H2,1-3H3,(H,26,28)(H,29,30). The summed E-state index contributed by atoms with van der Waals surface area (Å²) in [5, 5.41) is 11.8. The zero-order chi connectivity index (χ0) is 26.4. The fourth-order valence-electron chi connectivity index (χ4n) is 3.06. The van der Waals surface area contributed by atoms with Gasteiger partial charge < -0.3 is 19.9 Å². The fraction of sp³-hybridized carbons (Fsp3) is 0.364. The molecule has 35 heavy (non-hydrogen) atoms. The van der Waals surface area contributed by atoms with Crippen molar-refractivity contribution in [3.8, 4) is 11.5 Å². The summed E-state index contributed by atoms with van der Waals surface area (Å²) in [6, 6.07) is 7.86. The Hall–Kier alpha value is -3.48. The number of alkyl halides is 3. The highest BCUT2D eigenvalue weighted by atomic mass is 32.2. The van der Waals surface area contributed by atoms with Gasteiger partial charge in [0.15, 0.2) is 0 Å². The highest BCUT2D eigenvalue weighted by Gasteiger charge is 2.31. The maximum absolute atomic E-state index is 12.9. The van der Waals surface area contributed by atoms with E-state index in [9.17, 15) is 36.3 Å². The number of carbonyl (C=O) groups is 2. The van der Waals surface area contributed by atoms with Crippen LogP contribution in [0, 0.1) is 11.8 Å². The maximum Gasteiger partial charge on any atom is 0.573 e. The van der Waals surface area contributed by atoms with Gasteiger partial charge in [-0.05, 0) is 43.5 Å². The predicted octanol–water partition coefficient (Wildman–Crippen LogP) is 4.47. The van der Waals surface area contributed by atoms with Crippen LogP contribution < -0.4 is 19.5 Å². The zero-order valence-electron chi connectivity index (χ0n) is 19.0. The number of hydrogen-bond donors (Lipinski definition) is 3. The van der Waals surface area contributed by atoms with Crippen LogP contribution in [-0.4, -0.2) is 38.4 Å². The second-order valence-corrected chi connectivity index (χ2v) is 9.44. The Morgan fingerprint density at radius 3 is 2.34 bits per heavy atom. The zero-order valence-corrected chi connectivity index (χ0v) is 19.9. The Morgan fingerprint density at radius 1 is 1.09 bits per heavy atom. The van der Waals surface area contributed by atoms with Crippen molar-refractivity contribution in [3.63, 3.8) is 0 Å². The quantitative estimate of drug-likeness (QED) is 0.374. The molecule has 192 valence electrons. The van der Waals surface area contributed by atoms with Crippen molar-refractivity contribution >= 4 is 33.3 Å². The third kappa shape index (κ3) is 8.35. The number of hydrogen-bond acceptors (Lipinski definition) is 6. The van der Waals surface area contributed by atoms with Gasteiger partial charge >= 0.3 is 12.3 Å². The molecule has 13 heteroatoms. The molecular weight excluding hydrogens is 493 g/mol. The van der Waals surface area contributed by atoms with E-state index in [1.54, 1.807) is 20.8 Å². The molecule has 0 fully saturated rings. The lowest BCUT2D eigenvalue weighted by molar-refractivity contribution is -0.274. The molecule has 0 saturated carbocycles.